The monoisotopic (exact) mass is 406 g/mol. The van der Waals surface area contributed by atoms with Crippen molar-refractivity contribution in [3.63, 3.8) is 0 Å². The largest absolute Gasteiger partial charge is 0.418 e. The van der Waals surface area contributed by atoms with E-state index in [2.05, 4.69) is 16.0 Å². The molecule has 1 heterocycles. The molecule has 0 aromatic heterocycles. The fourth-order valence-corrected chi connectivity index (χ4v) is 2.78. The van der Waals surface area contributed by atoms with Gasteiger partial charge in [-0.05, 0) is 30.3 Å². The van der Waals surface area contributed by atoms with Crippen LogP contribution in [-0.4, -0.2) is 42.4 Å². The van der Waals surface area contributed by atoms with Crippen LogP contribution in [0.5, 0.6) is 0 Å². The average molecular weight is 406 g/mol. The van der Waals surface area contributed by atoms with Crippen molar-refractivity contribution in [2.24, 2.45) is 0 Å². The average Bonchev–Trinajstić information content (AvgIpc) is 3.12. The lowest BCUT2D eigenvalue weighted by atomic mass is 10.1. The lowest BCUT2D eigenvalue weighted by Gasteiger charge is -2.18. The van der Waals surface area contributed by atoms with E-state index in [1.54, 1.807) is 18.2 Å². The van der Waals surface area contributed by atoms with Crippen LogP contribution in [0.1, 0.15) is 15.9 Å². The Morgan fingerprint density at radius 2 is 1.83 bits per heavy atom. The van der Waals surface area contributed by atoms with Crippen LogP contribution in [0, 0.1) is 0 Å². The number of amides is 4. The van der Waals surface area contributed by atoms with Crippen molar-refractivity contribution >= 4 is 29.2 Å². The molecule has 1 saturated heterocycles. The summed E-state index contributed by atoms with van der Waals surface area (Å²) in [5.74, 6) is -1.19. The number of nitrogens with zero attached hydrogens (tertiary/aromatic N) is 1. The Bertz CT molecular complexity index is 932. The molecular formula is C19H17F3N4O3. The number of anilines is 2. The molecule has 4 amide bonds. The summed E-state index contributed by atoms with van der Waals surface area (Å²) in [6.45, 7) is -0.0175. The van der Waals surface area contributed by atoms with Crippen molar-refractivity contribution < 1.29 is 27.6 Å². The number of halogens is 3. The van der Waals surface area contributed by atoms with Crippen LogP contribution in [0.2, 0.25) is 0 Å². The van der Waals surface area contributed by atoms with Crippen molar-refractivity contribution in [2.75, 3.05) is 30.3 Å². The second kappa shape index (κ2) is 8.21. The summed E-state index contributed by atoms with van der Waals surface area (Å²) in [7, 11) is 0. The van der Waals surface area contributed by atoms with Gasteiger partial charge in [0.2, 0.25) is 5.91 Å². The van der Waals surface area contributed by atoms with Crippen LogP contribution in [0.15, 0.2) is 48.5 Å². The lowest BCUT2D eigenvalue weighted by Crippen LogP contribution is -2.38. The van der Waals surface area contributed by atoms with Gasteiger partial charge in [-0.1, -0.05) is 18.2 Å². The number of hydrogen-bond acceptors (Lipinski definition) is 4. The minimum Gasteiger partial charge on any atom is -0.376 e. The third-order valence-corrected chi connectivity index (χ3v) is 4.21. The Labute approximate surface area is 163 Å². The fraction of sp³-hybridized carbons (Fsp3) is 0.211. The van der Waals surface area contributed by atoms with Crippen molar-refractivity contribution in [1.82, 2.24) is 10.2 Å². The summed E-state index contributed by atoms with van der Waals surface area (Å²) in [4.78, 5) is 36.6. The molecule has 1 aliphatic rings. The van der Waals surface area contributed by atoms with Gasteiger partial charge in [-0.25, -0.2) is 4.79 Å². The molecule has 3 rings (SSSR count). The minimum absolute atomic E-state index is 0.0398. The van der Waals surface area contributed by atoms with Gasteiger partial charge in [0.1, 0.15) is 0 Å². The zero-order chi connectivity index (χ0) is 21.0. The van der Waals surface area contributed by atoms with Gasteiger partial charge in [0.25, 0.3) is 5.91 Å². The summed E-state index contributed by atoms with van der Waals surface area (Å²) < 4.78 is 40.4. The van der Waals surface area contributed by atoms with E-state index in [9.17, 15) is 27.6 Å². The highest BCUT2D eigenvalue weighted by Gasteiger charge is 2.34. The summed E-state index contributed by atoms with van der Waals surface area (Å²) >= 11 is 0. The number of carbonyl (C=O) groups excluding carboxylic acids is 3. The molecule has 152 valence electrons. The molecule has 2 aromatic carbocycles. The Hall–Kier alpha value is -3.56. The van der Waals surface area contributed by atoms with Gasteiger partial charge < -0.3 is 16.0 Å². The summed E-state index contributed by atoms with van der Waals surface area (Å²) in [5.41, 5.74) is -1.11. The Morgan fingerprint density at radius 3 is 2.45 bits per heavy atom. The van der Waals surface area contributed by atoms with E-state index in [0.717, 1.165) is 17.0 Å². The van der Waals surface area contributed by atoms with Crippen LogP contribution >= 0.6 is 0 Å². The maximum Gasteiger partial charge on any atom is 0.418 e. The van der Waals surface area contributed by atoms with Crippen LogP contribution in [-0.2, 0) is 11.0 Å². The molecule has 0 atom stereocenters. The maximum absolute atomic E-state index is 13.5. The predicted octanol–water partition coefficient (Wildman–Crippen LogP) is 2.92. The van der Waals surface area contributed by atoms with Crippen LogP contribution < -0.4 is 16.0 Å². The predicted molar refractivity (Wildman–Crippen MR) is 99.4 cm³/mol. The van der Waals surface area contributed by atoms with E-state index in [0.29, 0.717) is 12.1 Å². The molecule has 1 fully saturated rings. The molecule has 0 aliphatic carbocycles. The third kappa shape index (κ3) is 4.84. The van der Waals surface area contributed by atoms with E-state index in [1.807, 2.05) is 0 Å². The summed E-state index contributed by atoms with van der Waals surface area (Å²) in [5, 5.41) is 7.29. The first-order chi connectivity index (χ1) is 13.8. The fourth-order valence-electron chi connectivity index (χ4n) is 2.78. The lowest BCUT2D eigenvalue weighted by molar-refractivity contribution is -0.137. The van der Waals surface area contributed by atoms with E-state index in [1.165, 1.54) is 18.2 Å². The first-order valence-electron chi connectivity index (χ1n) is 8.65. The highest BCUT2D eigenvalue weighted by molar-refractivity contribution is 6.04. The van der Waals surface area contributed by atoms with Gasteiger partial charge in [0.05, 0.1) is 12.1 Å². The SMILES string of the molecule is O=C(Nc1ccc(NCC(=O)N2CCNC2=O)c(C(F)(F)F)c1)c1ccccc1. The van der Waals surface area contributed by atoms with Crippen molar-refractivity contribution in [2.45, 2.75) is 6.18 Å². The molecule has 29 heavy (non-hydrogen) atoms. The summed E-state index contributed by atoms with van der Waals surface area (Å²) in [6.07, 6.45) is -4.72. The standard InChI is InChI=1S/C19H17F3N4O3/c20-19(21,22)14-10-13(25-17(28)12-4-2-1-3-5-12)6-7-15(14)24-11-16(27)26-9-8-23-18(26)29/h1-7,10,24H,8-9,11H2,(H,23,29)(H,25,28). The van der Waals surface area contributed by atoms with Gasteiger partial charge in [0, 0.05) is 30.0 Å². The van der Waals surface area contributed by atoms with Gasteiger partial charge in [-0.15, -0.1) is 0 Å². The van der Waals surface area contributed by atoms with Gasteiger partial charge in [-0.2, -0.15) is 13.2 Å². The Balaban J connectivity index is 1.75. The molecule has 0 bridgehead atoms. The number of urea groups is 1. The van der Waals surface area contributed by atoms with E-state index < -0.39 is 36.1 Å². The molecule has 0 radical (unpaired) electrons. The molecule has 1 aliphatic heterocycles. The normalized spacial score (nSPS) is 13.8. The highest BCUT2D eigenvalue weighted by Crippen LogP contribution is 2.36. The minimum atomic E-state index is -4.72. The molecule has 0 unspecified atom stereocenters. The number of nitrogens with one attached hydrogen (secondary N) is 3. The van der Waals surface area contributed by atoms with Gasteiger partial charge >= 0.3 is 12.2 Å². The Morgan fingerprint density at radius 1 is 1.10 bits per heavy atom. The Kier molecular flexibility index (Phi) is 5.71. The highest BCUT2D eigenvalue weighted by atomic mass is 19.4. The molecule has 10 heteroatoms. The molecule has 2 aromatic rings. The molecule has 0 spiro atoms. The topological polar surface area (TPSA) is 90.5 Å². The number of carbonyl (C=O) groups is 3. The van der Waals surface area contributed by atoms with Gasteiger partial charge in [-0.3, -0.25) is 14.5 Å². The van der Waals surface area contributed by atoms with Crippen molar-refractivity contribution in [3.05, 3.63) is 59.7 Å². The second-order valence-corrected chi connectivity index (χ2v) is 6.21. The van der Waals surface area contributed by atoms with E-state index in [4.69, 9.17) is 0 Å². The second-order valence-electron chi connectivity index (χ2n) is 6.21. The number of hydrogen-bond donors (Lipinski definition) is 3. The zero-order valence-corrected chi connectivity index (χ0v) is 15.0. The van der Waals surface area contributed by atoms with E-state index in [-0.39, 0.29) is 17.9 Å². The first kappa shape index (κ1) is 20.2. The van der Waals surface area contributed by atoms with Crippen LogP contribution in [0.3, 0.4) is 0 Å². The number of imide groups is 1. The molecule has 0 saturated carbocycles. The van der Waals surface area contributed by atoms with Crippen molar-refractivity contribution in [1.29, 1.82) is 0 Å². The smallest absolute Gasteiger partial charge is 0.376 e. The maximum atomic E-state index is 13.5. The molecule has 3 N–H and O–H groups in total. The van der Waals surface area contributed by atoms with E-state index >= 15 is 0 Å². The zero-order valence-electron chi connectivity index (χ0n) is 15.0. The molecule has 7 nitrogen and oxygen atoms in total. The molecular weight excluding hydrogens is 389 g/mol. The van der Waals surface area contributed by atoms with Crippen LogP contribution in [0.25, 0.3) is 0 Å². The quantitative estimate of drug-likeness (QED) is 0.712. The van der Waals surface area contributed by atoms with Crippen LogP contribution in [0.4, 0.5) is 29.3 Å². The van der Waals surface area contributed by atoms with Crippen molar-refractivity contribution in [3.8, 4) is 0 Å². The number of benzene rings is 2. The number of alkyl halides is 3. The number of rotatable bonds is 5. The summed E-state index contributed by atoms with van der Waals surface area (Å²) in [6, 6.07) is 10.7. The first-order valence-corrected chi connectivity index (χ1v) is 8.65. The van der Waals surface area contributed by atoms with Gasteiger partial charge in [0.15, 0.2) is 0 Å². The third-order valence-electron chi connectivity index (χ3n) is 4.21.